The van der Waals surface area contributed by atoms with E-state index in [1.54, 1.807) is 16.9 Å². The van der Waals surface area contributed by atoms with Gasteiger partial charge < -0.3 is 15.4 Å². The lowest BCUT2D eigenvalue weighted by Crippen LogP contribution is -2.14. The van der Waals surface area contributed by atoms with Gasteiger partial charge in [-0.2, -0.15) is 0 Å². The summed E-state index contributed by atoms with van der Waals surface area (Å²) in [6, 6.07) is 1.74. The summed E-state index contributed by atoms with van der Waals surface area (Å²) < 4.78 is 1.69. The summed E-state index contributed by atoms with van der Waals surface area (Å²) in [6.07, 6.45) is 13.6. The molecule has 0 aliphatic heterocycles. The van der Waals surface area contributed by atoms with E-state index in [0.717, 1.165) is 18.5 Å². The van der Waals surface area contributed by atoms with Crippen LogP contribution in [0.15, 0.2) is 34.8 Å². The van der Waals surface area contributed by atoms with Crippen LogP contribution in [0.3, 0.4) is 0 Å². The third kappa shape index (κ3) is 3.69. The maximum atomic E-state index is 11.5. The number of aromatic hydroxyl groups is 1. The van der Waals surface area contributed by atoms with Crippen LogP contribution in [0.5, 0.6) is 5.75 Å². The zero-order valence-electron chi connectivity index (χ0n) is 13.8. The van der Waals surface area contributed by atoms with Crippen LogP contribution in [-0.4, -0.2) is 26.9 Å². The molecule has 128 valence electrons. The molecule has 0 bridgehead atoms. The van der Waals surface area contributed by atoms with Crippen LogP contribution >= 0.6 is 0 Å². The van der Waals surface area contributed by atoms with Gasteiger partial charge in [-0.05, 0) is 12.8 Å². The average molecular weight is 328 g/mol. The lowest BCUT2D eigenvalue weighted by atomic mass is 9.97. The number of hydrogen-bond acceptors (Lipinski definition) is 3. The summed E-state index contributed by atoms with van der Waals surface area (Å²) in [7, 11) is 0. The summed E-state index contributed by atoms with van der Waals surface area (Å²) >= 11 is 0. The average Bonchev–Trinajstić information content (AvgIpc) is 2.92. The van der Waals surface area contributed by atoms with Crippen molar-refractivity contribution in [2.75, 3.05) is 0 Å². The third-order valence-electron chi connectivity index (χ3n) is 4.56. The third-order valence-corrected chi connectivity index (χ3v) is 4.56. The van der Waals surface area contributed by atoms with Crippen molar-refractivity contribution in [3.8, 4) is 5.75 Å². The van der Waals surface area contributed by atoms with Crippen molar-refractivity contribution >= 4 is 17.7 Å². The Morgan fingerprint density at radius 3 is 2.79 bits per heavy atom. The highest BCUT2D eigenvalue weighted by Gasteiger charge is 2.10. The zero-order chi connectivity index (χ0) is 16.9. The van der Waals surface area contributed by atoms with E-state index in [-0.39, 0.29) is 5.75 Å². The first kappa shape index (κ1) is 16.4. The van der Waals surface area contributed by atoms with Gasteiger partial charge in [0.1, 0.15) is 5.65 Å². The summed E-state index contributed by atoms with van der Waals surface area (Å²) in [6.45, 7) is 4.01. The predicted octanol–water partition coefficient (Wildman–Crippen LogP) is 3.03. The van der Waals surface area contributed by atoms with Gasteiger partial charge >= 0.3 is 0 Å². The Labute approximate surface area is 140 Å². The Morgan fingerprint density at radius 2 is 2.04 bits per heavy atom. The molecule has 0 atom stereocenters. The first-order valence-electron chi connectivity index (χ1n) is 8.55. The van der Waals surface area contributed by atoms with Crippen LogP contribution in [0.4, 0.5) is 0 Å². The second-order valence-corrected chi connectivity index (χ2v) is 6.35. The fraction of sp³-hybridized carbons (Fsp3) is 0.444. The standard InChI is InChI=1S/C18H24N4O2/c1-13(20-12-21-14-7-5-3-2-4-6-8-14)15-10-19-18-9-16(23)17(24)11-22(15)18/h9-12,14,19,24H,1-8H2,(H,20,21). The van der Waals surface area contributed by atoms with Crippen LogP contribution in [0, 0.1) is 0 Å². The molecule has 3 rings (SSSR count). The SMILES string of the molecule is C=C(NC=NC1CCCCCCC1)c1c[nH]c2cc(=O)c(O)cn12. The molecule has 6 heteroatoms. The molecule has 1 fully saturated rings. The summed E-state index contributed by atoms with van der Waals surface area (Å²) in [5.41, 5.74) is 1.59. The Morgan fingerprint density at radius 1 is 1.33 bits per heavy atom. The highest BCUT2D eigenvalue weighted by molar-refractivity contribution is 5.74. The number of nitrogens with one attached hydrogen (secondary N) is 2. The van der Waals surface area contributed by atoms with E-state index < -0.39 is 5.43 Å². The number of rotatable bonds is 4. The number of aromatic amines is 1. The first-order valence-corrected chi connectivity index (χ1v) is 8.55. The van der Waals surface area contributed by atoms with Gasteiger partial charge in [-0.3, -0.25) is 14.2 Å². The Kier molecular flexibility index (Phi) is 5.03. The summed E-state index contributed by atoms with van der Waals surface area (Å²) in [4.78, 5) is 19.1. The smallest absolute Gasteiger partial charge is 0.225 e. The Bertz CT molecular complexity index is 795. The number of pyridine rings is 1. The normalized spacial score (nSPS) is 17.0. The molecular formula is C18H24N4O2. The number of imidazole rings is 1. The first-order chi connectivity index (χ1) is 11.6. The molecule has 2 aromatic heterocycles. The molecule has 24 heavy (non-hydrogen) atoms. The van der Waals surface area contributed by atoms with Crippen LogP contribution in [-0.2, 0) is 0 Å². The molecule has 0 spiro atoms. The van der Waals surface area contributed by atoms with Crippen molar-refractivity contribution in [1.82, 2.24) is 14.7 Å². The fourth-order valence-electron chi connectivity index (χ4n) is 3.16. The molecular weight excluding hydrogens is 304 g/mol. The van der Waals surface area contributed by atoms with E-state index in [0.29, 0.717) is 17.4 Å². The molecule has 1 saturated carbocycles. The molecule has 6 nitrogen and oxygen atoms in total. The van der Waals surface area contributed by atoms with E-state index in [9.17, 15) is 9.90 Å². The van der Waals surface area contributed by atoms with Crippen LogP contribution < -0.4 is 10.7 Å². The number of aliphatic imine (C=N–C) groups is 1. The van der Waals surface area contributed by atoms with E-state index in [1.165, 1.54) is 44.4 Å². The van der Waals surface area contributed by atoms with Gasteiger partial charge in [0.25, 0.3) is 0 Å². The fourth-order valence-corrected chi connectivity index (χ4v) is 3.16. The number of H-pyrrole nitrogens is 1. The molecule has 0 saturated heterocycles. The van der Waals surface area contributed by atoms with E-state index in [2.05, 4.69) is 21.9 Å². The zero-order valence-corrected chi connectivity index (χ0v) is 13.8. The number of hydrogen-bond donors (Lipinski definition) is 3. The molecule has 0 radical (unpaired) electrons. The molecule has 0 unspecified atom stereocenters. The Hall–Kier alpha value is -2.50. The van der Waals surface area contributed by atoms with Crippen molar-refractivity contribution in [2.45, 2.75) is 51.0 Å². The number of nitrogens with zero attached hydrogens (tertiary/aromatic N) is 2. The van der Waals surface area contributed by atoms with Crippen LogP contribution in [0.1, 0.15) is 50.6 Å². The van der Waals surface area contributed by atoms with Gasteiger partial charge in [-0.15, -0.1) is 0 Å². The summed E-state index contributed by atoms with van der Waals surface area (Å²) in [5.74, 6) is -0.288. The highest BCUT2D eigenvalue weighted by atomic mass is 16.3. The molecule has 0 aromatic carbocycles. The van der Waals surface area contributed by atoms with Crippen molar-refractivity contribution in [3.05, 3.63) is 41.0 Å². The molecule has 1 aliphatic rings. The van der Waals surface area contributed by atoms with Crippen LogP contribution in [0.25, 0.3) is 11.3 Å². The minimum atomic E-state index is -0.409. The predicted molar refractivity (Wildman–Crippen MR) is 96.5 cm³/mol. The molecule has 1 aliphatic carbocycles. The van der Waals surface area contributed by atoms with Crippen molar-refractivity contribution in [2.24, 2.45) is 4.99 Å². The summed E-state index contributed by atoms with van der Waals surface area (Å²) in [5, 5.41) is 12.7. The van der Waals surface area contributed by atoms with Gasteiger partial charge in [-0.1, -0.05) is 38.7 Å². The van der Waals surface area contributed by atoms with Crippen molar-refractivity contribution in [1.29, 1.82) is 0 Å². The Balaban J connectivity index is 1.67. The highest BCUT2D eigenvalue weighted by Crippen LogP contribution is 2.19. The lowest BCUT2D eigenvalue weighted by Gasteiger charge is -2.15. The number of aromatic nitrogens is 2. The van der Waals surface area contributed by atoms with E-state index in [1.807, 2.05) is 0 Å². The van der Waals surface area contributed by atoms with Crippen molar-refractivity contribution in [3.63, 3.8) is 0 Å². The van der Waals surface area contributed by atoms with Gasteiger partial charge in [0.05, 0.1) is 30.0 Å². The molecule has 0 amide bonds. The minimum Gasteiger partial charge on any atom is -0.503 e. The second-order valence-electron chi connectivity index (χ2n) is 6.35. The molecule has 3 N–H and O–H groups in total. The van der Waals surface area contributed by atoms with Gasteiger partial charge in [-0.25, -0.2) is 0 Å². The largest absolute Gasteiger partial charge is 0.503 e. The topological polar surface area (TPSA) is 81.9 Å². The van der Waals surface area contributed by atoms with Crippen molar-refractivity contribution < 1.29 is 5.11 Å². The second kappa shape index (κ2) is 7.38. The lowest BCUT2D eigenvalue weighted by molar-refractivity contribution is 0.455. The monoisotopic (exact) mass is 328 g/mol. The van der Waals surface area contributed by atoms with Gasteiger partial charge in [0, 0.05) is 12.3 Å². The van der Waals surface area contributed by atoms with E-state index >= 15 is 0 Å². The van der Waals surface area contributed by atoms with Crippen LogP contribution in [0.2, 0.25) is 0 Å². The molecule has 2 heterocycles. The van der Waals surface area contributed by atoms with Gasteiger partial charge in [0.2, 0.25) is 5.43 Å². The maximum Gasteiger partial charge on any atom is 0.225 e. The molecule has 2 aromatic rings. The quantitative estimate of drug-likeness (QED) is 0.596. The minimum absolute atomic E-state index is 0.288. The van der Waals surface area contributed by atoms with Gasteiger partial charge in [0.15, 0.2) is 5.75 Å². The maximum absolute atomic E-state index is 11.5. The number of fused-ring (bicyclic) bond motifs is 1. The van der Waals surface area contributed by atoms with E-state index in [4.69, 9.17) is 0 Å².